The normalized spacial score (nSPS) is 17.9. The Kier molecular flexibility index (Phi) is 5.20. The van der Waals surface area contributed by atoms with Crippen LogP contribution in [0.2, 0.25) is 0 Å². The van der Waals surface area contributed by atoms with Crippen molar-refractivity contribution in [2.75, 3.05) is 37.6 Å². The number of piperazine rings is 1. The summed E-state index contributed by atoms with van der Waals surface area (Å²) >= 11 is 0. The van der Waals surface area contributed by atoms with E-state index in [1.807, 2.05) is 12.1 Å². The molecule has 4 rings (SSSR count). The van der Waals surface area contributed by atoms with E-state index in [9.17, 15) is 14.3 Å². The fourth-order valence-corrected chi connectivity index (χ4v) is 4.20. The largest absolute Gasteiger partial charge is 0.493 e. The first kappa shape index (κ1) is 18.1. The van der Waals surface area contributed by atoms with Crippen molar-refractivity contribution >= 4 is 5.69 Å². The highest BCUT2D eigenvalue weighted by Crippen LogP contribution is 2.23. The molecule has 0 amide bonds. The van der Waals surface area contributed by atoms with E-state index in [0.717, 1.165) is 76.3 Å². The zero-order valence-electron chi connectivity index (χ0n) is 15.6. The van der Waals surface area contributed by atoms with Crippen LogP contribution in [0.1, 0.15) is 25.0 Å². The summed E-state index contributed by atoms with van der Waals surface area (Å²) in [5.41, 5.74) is 1.80. The SMILES string of the molecule is O=c1n(CCCN2CCN(c3ccc(F)cc3)CC2)c(O)c2n1CCCC2. The average Bonchev–Trinajstić information content (AvgIpc) is 2.94. The molecule has 27 heavy (non-hydrogen) atoms. The summed E-state index contributed by atoms with van der Waals surface area (Å²) in [6.07, 6.45) is 3.68. The van der Waals surface area contributed by atoms with Gasteiger partial charge in [0.2, 0.25) is 5.88 Å². The monoisotopic (exact) mass is 374 g/mol. The van der Waals surface area contributed by atoms with Crippen LogP contribution in [0.4, 0.5) is 10.1 Å². The van der Waals surface area contributed by atoms with Crippen molar-refractivity contribution in [1.29, 1.82) is 0 Å². The van der Waals surface area contributed by atoms with Crippen LogP contribution < -0.4 is 10.6 Å². The first-order chi connectivity index (χ1) is 13.1. The van der Waals surface area contributed by atoms with E-state index in [1.165, 1.54) is 16.7 Å². The fraction of sp³-hybridized carbons (Fsp3) is 0.550. The molecule has 2 aliphatic rings. The zero-order chi connectivity index (χ0) is 18.8. The second-order valence-electron chi connectivity index (χ2n) is 7.47. The molecule has 7 heteroatoms. The number of halogens is 1. The number of hydrogen-bond acceptors (Lipinski definition) is 4. The van der Waals surface area contributed by atoms with Gasteiger partial charge in [0.25, 0.3) is 0 Å². The van der Waals surface area contributed by atoms with Gasteiger partial charge in [0.15, 0.2) is 0 Å². The molecule has 0 aliphatic carbocycles. The van der Waals surface area contributed by atoms with Crippen LogP contribution in [-0.2, 0) is 19.5 Å². The van der Waals surface area contributed by atoms with Crippen LogP contribution in [0.5, 0.6) is 5.88 Å². The Morgan fingerprint density at radius 3 is 2.41 bits per heavy atom. The second-order valence-corrected chi connectivity index (χ2v) is 7.47. The third-order valence-corrected chi connectivity index (χ3v) is 5.77. The smallest absolute Gasteiger partial charge is 0.331 e. The molecule has 146 valence electrons. The van der Waals surface area contributed by atoms with Crippen molar-refractivity contribution in [3.05, 3.63) is 46.3 Å². The second kappa shape index (κ2) is 7.76. The summed E-state index contributed by atoms with van der Waals surface area (Å²) in [7, 11) is 0. The summed E-state index contributed by atoms with van der Waals surface area (Å²) in [6.45, 7) is 5.91. The molecule has 0 spiro atoms. The van der Waals surface area contributed by atoms with Gasteiger partial charge in [-0.15, -0.1) is 0 Å². The Morgan fingerprint density at radius 2 is 1.70 bits per heavy atom. The lowest BCUT2D eigenvalue weighted by Crippen LogP contribution is -2.46. The highest BCUT2D eigenvalue weighted by atomic mass is 19.1. The lowest BCUT2D eigenvalue weighted by atomic mass is 10.1. The number of anilines is 1. The van der Waals surface area contributed by atoms with Gasteiger partial charge in [-0.25, -0.2) is 9.18 Å². The molecule has 1 fully saturated rings. The zero-order valence-corrected chi connectivity index (χ0v) is 15.6. The number of fused-ring (bicyclic) bond motifs is 1. The molecule has 1 N–H and O–H groups in total. The number of imidazole rings is 1. The van der Waals surface area contributed by atoms with Crippen LogP contribution in [0.25, 0.3) is 0 Å². The third-order valence-electron chi connectivity index (χ3n) is 5.77. The number of aromatic hydroxyl groups is 1. The van der Waals surface area contributed by atoms with E-state index >= 15 is 0 Å². The Bertz CT molecular complexity index is 835. The van der Waals surface area contributed by atoms with E-state index in [2.05, 4.69) is 9.80 Å². The maximum Gasteiger partial charge on any atom is 0.331 e. The highest BCUT2D eigenvalue weighted by Gasteiger charge is 2.22. The van der Waals surface area contributed by atoms with Gasteiger partial charge < -0.3 is 10.0 Å². The molecule has 3 heterocycles. The molecule has 1 aromatic heterocycles. The van der Waals surface area contributed by atoms with E-state index in [-0.39, 0.29) is 17.4 Å². The molecule has 0 atom stereocenters. The van der Waals surface area contributed by atoms with E-state index in [4.69, 9.17) is 0 Å². The standard InChI is InChI=1S/C20H27FN4O2/c21-16-5-7-17(8-6-16)23-14-12-22(13-15-23)9-3-11-25-19(26)18-4-1-2-10-24(18)20(25)27/h5-8,26H,1-4,9-15H2. The Morgan fingerprint density at radius 1 is 0.963 bits per heavy atom. The van der Waals surface area contributed by atoms with Gasteiger partial charge in [0, 0.05) is 45.0 Å². The van der Waals surface area contributed by atoms with Crippen molar-refractivity contribution in [2.45, 2.75) is 38.8 Å². The van der Waals surface area contributed by atoms with Gasteiger partial charge in [-0.3, -0.25) is 14.0 Å². The van der Waals surface area contributed by atoms with Gasteiger partial charge in [-0.1, -0.05) is 0 Å². The van der Waals surface area contributed by atoms with Crippen molar-refractivity contribution in [2.24, 2.45) is 0 Å². The summed E-state index contributed by atoms with van der Waals surface area (Å²) in [5, 5.41) is 10.4. The minimum absolute atomic E-state index is 0.0664. The van der Waals surface area contributed by atoms with E-state index < -0.39 is 0 Å². The first-order valence-electron chi connectivity index (χ1n) is 9.87. The molecule has 0 radical (unpaired) electrons. The van der Waals surface area contributed by atoms with Crippen LogP contribution in [0.15, 0.2) is 29.1 Å². The lowest BCUT2D eigenvalue weighted by molar-refractivity contribution is 0.248. The maximum atomic E-state index is 13.1. The van der Waals surface area contributed by atoms with Gasteiger partial charge >= 0.3 is 5.69 Å². The summed E-state index contributed by atoms with van der Waals surface area (Å²) in [6, 6.07) is 6.66. The van der Waals surface area contributed by atoms with Crippen molar-refractivity contribution in [3.63, 3.8) is 0 Å². The molecule has 6 nitrogen and oxygen atoms in total. The van der Waals surface area contributed by atoms with Crippen molar-refractivity contribution in [3.8, 4) is 5.88 Å². The van der Waals surface area contributed by atoms with Crippen LogP contribution >= 0.6 is 0 Å². The molecule has 0 saturated carbocycles. The number of hydrogen-bond donors (Lipinski definition) is 1. The minimum Gasteiger partial charge on any atom is -0.493 e. The Balaban J connectivity index is 1.28. The van der Waals surface area contributed by atoms with Gasteiger partial charge in [0.1, 0.15) is 5.82 Å². The quantitative estimate of drug-likeness (QED) is 0.870. The van der Waals surface area contributed by atoms with Crippen LogP contribution in [0.3, 0.4) is 0 Å². The minimum atomic E-state index is -0.205. The predicted molar refractivity (Wildman–Crippen MR) is 103 cm³/mol. The first-order valence-corrected chi connectivity index (χ1v) is 9.87. The van der Waals surface area contributed by atoms with Gasteiger partial charge in [0.05, 0.1) is 5.69 Å². The predicted octanol–water partition coefficient (Wildman–Crippen LogP) is 2.04. The number of benzene rings is 1. The number of aromatic nitrogens is 2. The molecular formula is C20H27FN4O2. The topological polar surface area (TPSA) is 53.6 Å². The van der Waals surface area contributed by atoms with E-state index in [0.29, 0.717) is 6.54 Å². The van der Waals surface area contributed by atoms with Crippen LogP contribution in [0, 0.1) is 5.82 Å². The molecule has 0 bridgehead atoms. The van der Waals surface area contributed by atoms with Gasteiger partial charge in [-0.05, 0) is 56.5 Å². The Hall–Kier alpha value is -2.28. The Labute approximate surface area is 158 Å². The molecule has 2 aliphatic heterocycles. The van der Waals surface area contributed by atoms with Crippen molar-refractivity contribution < 1.29 is 9.50 Å². The molecule has 1 saturated heterocycles. The van der Waals surface area contributed by atoms with Crippen molar-refractivity contribution in [1.82, 2.24) is 14.0 Å². The number of rotatable bonds is 5. The van der Waals surface area contributed by atoms with Crippen LogP contribution in [-0.4, -0.2) is 51.9 Å². The molecule has 2 aromatic rings. The average molecular weight is 374 g/mol. The summed E-state index contributed by atoms with van der Waals surface area (Å²) in [4.78, 5) is 17.1. The highest BCUT2D eigenvalue weighted by molar-refractivity contribution is 5.46. The van der Waals surface area contributed by atoms with Gasteiger partial charge in [-0.2, -0.15) is 0 Å². The molecular weight excluding hydrogens is 347 g/mol. The summed E-state index contributed by atoms with van der Waals surface area (Å²) < 4.78 is 16.3. The van der Waals surface area contributed by atoms with E-state index in [1.54, 1.807) is 4.57 Å². The molecule has 1 aromatic carbocycles. The molecule has 0 unspecified atom stereocenters. The fourth-order valence-electron chi connectivity index (χ4n) is 4.20. The number of nitrogens with zero attached hydrogens (tertiary/aromatic N) is 4. The lowest BCUT2D eigenvalue weighted by Gasteiger charge is -2.36. The maximum absolute atomic E-state index is 13.1. The third kappa shape index (κ3) is 3.74. The summed E-state index contributed by atoms with van der Waals surface area (Å²) in [5.74, 6) is -0.0379.